The molecule has 3 aromatic rings. The molecule has 1 fully saturated rings. The molecule has 3 aromatic carbocycles. The molecule has 0 radical (unpaired) electrons. The van der Waals surface area contributed by atoms with Gasteiger partial charge in [-0.1, -0.05) is 85.3 Å². The van der Waals surface area contributed by atoms with Gasteiger partial charge in [0.25, 0.3) is 0 Å². The van der Waals surface area contributed by atoms with Crippen LogP contribution in [0.15, 0.2) is 78.9 Å². The molecule has 0 aromatic heterocycles. The molecule has 1 saturated carbocycles. The number of carbonyl (C=O) groups is 1. The van der Waals surface area contributed by atoms with Crippen molar-refractivity contribution in [3.63, 3.8) is 0 Å². The van der Waals surface area contributed by atoms with Gasteiger partial charge in [0.1, 0.15) is 11.9 Å². The van der Waals surface area contributed by atoms with Crippen molar-refractivity contribution in [3.8, 4) is 28.0 Å². The van der Waals surface area contributed by atoms with E-state index in [1.165, 1.54) is 6.42 Å². The lowest BCUT2D eigenvalue weighted by atomic mass is 9.97. The molecule has 142 valence electrons. The van der Waals surface area contributed by atoms with Gasteiger partial charge in [-0.05, 0) is 36.8 Å². The van der Waals surface area contributed by atoms with Gasteiger partial charge in [0.05, 0.1) is 0 Å². The summed E-state index contributed by atoms with van der Waals surface area (Å²) in [6, 6.07) is 25.9. The molecule has 0 amide bonds. The van der Waals surface area contributed by atoms with E-state index in [-0.39, 0.29) is 6.10 Å². The summed E-state index contributed by atoms with van der Waals surface area (Å²) in [6.45, 7) is 0. The maximum atomic E-state index is 12.6. The Bertz CT molecular complexity index is 855. The predicted octanol–water partition coefficient (Wildman–Crippen LogP) is 6.87. The average molecular weight is 372 g/mol. The van der Waals surface area contributed by atoms with E-state index in [0.29, 0.717) is 5.75 Å². The summed E-state index contributed by atoms with van der Waals surface area (Å²) >= 11 is 0. The molecule has 0 bridgehead atoms. The number of para-hydroxylation sites is 1. The van der Waals surface area contributed by atoms with Gasteiger partial charge in [0.15, 0.2) is 0 Å². The average Bonchev–Trinajstić information content (AvgIpc) is 2.76. The third-order valence-corrected chi connectivity index (χ3v) is 5.19. The minimum absolute atomic E-state index is 0.0367. The van der Waals surface area contributed by atoms with Gasteiger partial charge in [-0.15, -0.1) is 0 Å². The van der Waals surface area contributed by atoms with Gasteiger partial charge in [0, 0.05) is 11.1 Å². The van der Waals surface area contributed by atoms with Crippen molar-refractivity contribution >= 4 is 6.16 Å². The highest BCUT2D eigenvalue weighted by Gasteiger charge is 2.22. The third kappa shape index (κ3) is 4.25. The number of benzene rings is 3. The summed E-state index contributed by atoms with van der Waals surface area (Å²) in [5, 5.41) is 0. The summed E-state index contributed by atoms with van der Waals surface area (Å²) in [5.41, 5.74) is 3.76. The van der Waals surface area contributed by atoms with Crippen molar-refractivity contribution in [2.75, 3.05) is 0 Å². The Morgan fingerprint density at radius 1 is 0.679 bits per heavy atom. The van der Waals surface area contributed by atoms with E-state index < -0.39 is 6.16 Å². The van der Waals surface area contributed by atoms with Crippen LogP contribution in [-0.4, -0.2) is 12.3 Å². The van der Waals surface area contributed by atoms with Crippen molar-refractivity contribution in [3.05, 3.63) is 78.9 Å². The van der Waals surface area contributed by atoms with E-state index >= 15 is 0 Å². The van der Waals surface area contributed by atoms with Crippen LogP contribution in [0.25, 0.3) is 22.3 Å². The lowest BCUT2D eigenvalue weighted by molar-refractivity contribution is 0.0419. The van der Waals surface area contributed by atoms with Crippen molar-refractivity contribution in [1.29, 1.82) is 0 Å². The fourth-order valence-corrected chi connectivity index (χ4v) is 3.76. The van der Waals surface area contributed by atoms with Gasteiger partial charge < -0.3 is 9.47 Å². The second kappa shape index (κ2) is 8.75. The first kappa shape index (κ1) is 18.3. The molecule has 0 aliphatic heterocycles. The van der Waals surface area contributed by atoms with E-state index in [4.69, 9.17) is 9.47 Å². The van der Waals surface area contributed by atoms with Crippen LogP contribution in [0, 0.1) is 0 Å². The summed E-state index contributed by atoms with van der Waals surface area (Å²) in [7, 11) is 0. The first-order valence-corrected chi connectivity index (χ1v) is 9.93. The molecular weight excluding hydrogens is 348 g/mol. The van der Waals surface area contributed by atoms with Gasteiger partial charge in [-0.2, -0.15) is 0 Å². The smallest absolute Gasteiger partial charge is 0.431 e. The Kier molecular flexibility index (Phi) is 5.72. The normalized spacial score (nSPS) is 14.4. The molecule has 0 spiro atoms. The molecule has 0 unspecified atom stereocenters. The van der Waals surface area contributed by atoms with Crippen LogP contribution in [0.4, 0.5) is 4.79 Å². The molecule has 28 heavy (non-hydrogen) atoms. The van der Waals surface area contributed by atoms with Gasteiger partial charge in [0.2, 0.25) is 0 Å². The molecule has 0 saturated heterocycles. The highest BCUT2D eigenvalue weighted by atomic mass is 16.7. The first-order valence-electron chi connectivity index (χ1n) is 9.93. The number of ether oxygens (including phenoxy) is 2. The quantitative estimate of drug-likeness (QED) is 0.370. The minimum Gasteiger partial charge on any atom is -0.431 e. The Morgan fingerprint density at radius 3 is 1.75 bits per heavy atom. The Morgan fingerprint density at radius 2 is 1.21 bits per heavy atom. The monoisotopic (exact) mass is 372 g/mol. The predicted molar refractivity (Wildman–Crippen MR) is 111 cm³/mol. The fraction of sp³-hybridized carbons (Fsp3) is 0.240. The molecule has 0 atom stereocenters. The van der Waals surface area contributed by atoms with Gasteiger partial charge in [-0.25, -0.2) is 4.79 Å². The highest BCUT2D eigenvalue weighted by molar-refractivity contribution is 5.85. The summed E-state index contributed by atoms with van der Waals surface area (Å²) in [5.74, 6) is 0.542. The van der Waals surface area contributed by atoms with E-state index in [0.717, 1.165) is 47.9 Å². The largest absolute Gasteiger partial charge is 0.514 e. The Balaban J connectivity index is 1.69. The molecule has 1 aliphatic carbocycles. The zero-order valence-electron chi connectivity index (χ0n) is 15.8. The van der Waals surface area contributed by atoms with E-state index in [1.807, 2.05) is 78.9 Å². The number of carbonyl (C=O) groups excluding carboxylic acids is 1. The van der Waals surface area contributed by atoms with E-state index in [2.05, 4.69) is 0 Å². The molecule has 0 heterocycles. The lowest BCUT2D eigenvalue weighted by Gasteiger charge is -2.22. The third-order valence-electron chi connectivity index (χ3n) is 5.19. The van der Waals surface area contributed by atoms with Crippen molar-refractivity contribution in [2.45, 2.75) is 38.2 Å². The van der Waals surface area contributed by atoms with Crippen LogP contribution in [0.3, 0.4) is 0 Å². The topological polar surface area (TPSA) is 35.5 Å². The van der Waals surface area contributed by atoms with Crippen molar-refractivity contribution in [1.82, 2.24) is 0 Å². The standard InChI is InChI=1S/C25H24O3/c26-25(27-21-15-8-3-9-16-21)28-24-22(19-11-4-1-5-12-19)17-10-18-23(24)20-13-6-2-7-14-20/h1-2,4-7,10-14,17-18,21H,3,8-9,15-16H2. The van der Waals surface area contributed by atoms with Crippen molar-refractivity contribution in [2.24, 2.45) is 0 Å². The number of hydrogen-bond donors (Lipinski definition) is 0. The van der Waals surface area contributed by atoms with Crippen LogP contribution in [0.1, 0.15) is 32.1 Å². The molecule has 0 N–H and O–H groups in total. The molecule has 3 heteroatoms. The Hall–Kier alpha value is -3.07. The van der Waals surface area contributed by atoms with E-state index in [9.17, 15) is 4.79 Å². The van der Waals surface area contributed by atoms with Gasteiger partial charge >= 0.3 is 6.16 Å². The fourth-order valence-electron chi connectivity index (χ4n) is 3.76. The first-order chi connectivity index (χ1) is 13.8. The van der Waals surface area contributed by atoms with Gasteiger partial charge in [-0.3, -0.25) is 0 Å². The molecular formula is C25H24O3. The van der Waals surface area contributed by atoms with Crippen LogP contribution < -0.4 is 4.74 Å². The maximum absolute atomic E-state index is 12.6. The highest BCUT2D eigenvalue weighted by Crippen LogP contribution is 2.39. The molecule has 3 nitrogen and oxygen atoms in total. The van der Waals surface area contributed by atoms with Crippen LogP contribution in [0.2, 0.25) is 0 Å². The van der Waals surface area contributed by atoms with Crippen LogP contribution in [0.5, 0.6) is 5.75 Å². The molecule has 1 aliphatic rings. The second-order valence-corrected chi connectivity index (χ2v) is 7.14. The Labute approximate surface area is 165 Å². The SMILES string of the molecule is O=C(Oc1c(-c2ccccc2)cccc1-c1ccccc1)OC1CCCCC1. The van der Waals surface area contributed by atoms with Crippen LogP contribution >= 0.6 is 0 Å². The lowest BCUT2D eigenvalue weighted by Crippen LogP contribution is -2.23. The minimum atomic E-state index is -0.618. The summed E-state index contributed by atoms with van der Waals surface area (Å²) < 4.78 is 11.4. The van der Waals surface area contributed by atoms with Crippen LogP contribution in [-0.2, 0) is 4.74 Å². The molecule has 4 rings (SSSR count). The van der Waals surface area contributed by atoms with E-state index in [1.54, 1.807) is 0 Å². The van der Waals surface area contributed by atoms with Crippen molar-refractivity contribution < 1.29 is 14.3 Å². The zero-order valence-corrected chi connectivity index (χ0v) is 15.8. The number of hydrogen-bond acceptors (Lipinski definition) is 3. The summed E-state index contributed by atoms with van der Waals surface area (Å²) in [4.78, 5) is 12.6. The summed E-state index contributed by atoms with van der Waals surface area (Å²) in [6.07, 6.45) is 4.60. The maximum Gasteiger partial charge on any atom is 0.514 e. The number of rotatable bonds is 4. The second-order valence-electron chi connectivity index (χ2n) is 7.14. The zero-order chi connectivity index (χ0) is 19.2.